The van der Waals surface area contributed by atoms with Crippen LogP contribution >= 0.6 is 11.3 Å². The van der Waals surface area contributed by atoms with Crippen molar-refractivity contribution in [3.63, 3.8) is 0 Å². The van der Waals surface area contributed by atoms with Crippen LogP contribution in [0.15, 0.2) is 82.8 Å². The smallest absolute Gasteiger partial charge is 0.416 e. The number of Topliss-reactive ketones (excluding diaryl/α,β-unsaturated/α-hetero) is 2. The highest BCUT2D eigenvalue weighted by molar-refractivity contribution is 7.19. The van der Waals surface area contributed by atoms with Gasteiger partial charge in [-0.3, -0.25) is 9.59 Å². The molecule has 5 aromatic rings. The van der Waals surface area contributed by atoms with Gasteiger partial charge in [0.1, 0.15) is 11.3 Å². The van der Waals surface area contributed by atoms with Gasteiger partial charge in [0, 0.05) is 27.6 Å². The van der Waals surface area contributed by atoms with Gasteiger partial charge in [-0.15, -0.1) is 11.3 Å². The van der Waals surface area contributed by atoms with E-state index in [1.807, 2.05) is 24.3 Å². The van der Waals surface area contributed by atoms with Crippen LogP contribution in [0.2, 0.25) is 0 Å². The van der Waals surface area contributed by atoms with Gasteiger partial charge in [0.15, 0.2) is 11.6 Å². The van der Waals surface area contributed by atoms with Crippen molar-refractivity contribution < 1.29 is 27.2 Å². The number of allylic oxidation sites excluding steroid dienone is 1. The Morgan fingerprint density at radius 3 is 1.97 bits per heavy atom. The zero-order chi connectivity index (χ0) is 23.6. The van der Waals surface area contributed by atoms with Crippen molar-refractivity contribution in [2.24, 2.45) is 0 Å². The summed E-state index contributed by atoms with van der Waals surface area (Å²) in [5, 5.41) is 1.79. The van der Waals surface area contributed by atoms with Crippen molar-refractivity contribution in [2.75, 3.05) is 0 Å². The van der Waals surface area contributed by atoms with Gasteiger partial charge in [0.05, 0.1) is 15.8 Å². The molecule has 2 heterocycles. The van der Waals surface area contributed by atoms with Gasteiger partial charge in [-0.1, -0.05) is 36.4 Å². The van der Waals surface area contributed by atoms with Crippen LogP contribution in [0.3, 0.4) is 0 Å². The van der Waals surface area contributed by atoms with Crippen LogP contribution in [-0.2, 0) is 6.18 Å². The van der Waals surface area contributed by atoms with Gasteiger partial charge in [-0.05, 0) is 47.2 Å². The molecule has 0 bridgehead atoms. The van der Waals surface area contributed by atoms with Crippen molar-refractivity contribution in [3.05, 3.63) is 99.9 Å². The number of carbonyl (C=O) groups is 2. The first kappa shape index (κ1) is 20.6. The largest absolute Gasteiger partial charge is 0.455 e. The van der Waals surface area contributed by atoms with Crippen molar-refractivity contribution in [1.29, 1.82) is 0 Å². The molecule has 0 N–H and O–H groups in total. The van der Waals surface area contributed by atoms with Crippen molar-refractivity contribution in [2.45, 2.75) is 6.18 Å². The maximum Gasteiger partial charge on any atom is 0.416 e. The number of alkyl halides is 3. The molecule has 0 amide bonds. The normalized spacial score (nSPS) is 13.8. The van der Waals surface area contributed by atoms with Gasteiger partial charge in [0.25, 0.3) is 0 Å². The summed E-state index contributed by atoms with van der Waals surface area (Å²) in [6.07, 6.45) is -2.82. The minimum absolute atomic E-state index is 0.108. The Bertz CT molecular complexity index is 1580. The van der Waals surface area contributed by atoms with E-state index in [9.17, 15) is 22.8 Å². The van der Waals surface area contributed by atoms with E-state index in [1.165, 1.54) is 23.5 Å². The van der Waals surface area contributed by atoms with Gasteiger partial charge >= 0.3 is 6.18 Å². The molecule has 0 saturated heterocycles. The molecule has 0 fully saturated rings. The zero-order valence-electron chi connectivity index (χ0n) is 17.3. The third-order valence-corrected chi connectivity index (χ3v) is 6.88. The average Bonchev–Trinajstić information content (AvgIpc) is 3.45. The highest BCUT2D eigenvalue weighted by Gasteiger charge is 2.33. The summed E-state index contributed by atoms with van der Waals surface area (Å²) in [5.41, 5.74) is 1.25. The molecule has 0 saturated carbocycles. The molecular weight excluding hydrogens is 461 g/mol. The molecule has 34 heavy (non-hydrogen) atoms. The highest BCUT2D eigenvalue weighted by Crippen LogP contribution is 2.38. The Balaban J connectivity index is 1.32. The predicted octanol–water partition coefficient (Wildman–Crippen LogP) is 7.80. The lowest BCUT2D eigenvalue weighted by atomic mass is 10.0. The minimum atomic E-state index is -4.40. The Morgan fingerprint density at radius 1 is 0.794 bits per heavy atom. The Hall–Kier alpha value is -3.97. The first-order chi connectivity index (χ1) is 16.3. The standard InChI is InChI=1S/C27H13F3O3S/c28-27(29,30)17-7-5-14(6-8-17)22-13-24-23(33-22)12-18(34-24)11-21-25(31)19-9-15-3-1-2-4-16(15)10-20(19)26(21)32/h1-13H. The predicted molar refractivity (Wildman–Crippen MR) is 125 cm³/mol. The van der Waals surface area contributed by atoms with Gasteiger partial charge in [-0.2, -0.15) is 13.2 Å². The molecule has 1 aliphatic rings. The average molecular weight is 474 g/mol. The number of ketones is 2. The fraction of sp³-hybridized carbons (Fsp3) is 0.0370. The second-order valence-electron chi connectivity index (χ2n) is 8.02. The SMILES string of the molecule is O=C1C(=Cc2cc3oc(-c4ccc(C(F)(F)F)cc4)cc3s2)C(=O)c2cc3ccccc3cc21. The number of thiophene rings is 1. The molecule has 3 aromatic carbocycles. The zero-order valence-corrected chi connectivity index (χ0v) is 18.1. The highest BCUT2D eigenvalue weighted by atomic mass is 32.1. The quantitative estimate of drug-likeness (QED) is 0.194. The molecule has 3 nitrogen and oxygen atoms in total. The van der Waals surface area contributed by atoms with Crippen molar-refractivity contribution >= 4 is 50.0 Å². The molecule has 7 heteroatoms. The minimum Gasteiger partial charge on any atom is -0.455 e. The monoisotopic (exact) mass is 474 g/mol. The fourth-order valence-corrected chi connectivity index (χ4v) is 5.14. The van der Waals surface area contributed by atoms with E-state index in [1.54, 1.807) is 30.3 Å². The number of rotatable bonds is 2. The van der Waals surface area contributed by atoms with Crippen LogP contribution in [0, 0.1) is 0 Å². The first-order valence-corrected chi connectivity index (χ1v) is 11.1. The Kier molecular flexibility index (Phi) is 4.41. The molecule has 2 aromatic heterocycles. The molecule has 6 rings (SSSR count). The van der Waals surface area contributed by atoms with Gasteiger partial charge in [0.2, 0.25) is 0 Å². The molecule has 0 atom stereocenters. The third kappa shape index (κ3) is 3.28. The maximum atomic E-state index is 13.0. The topological polar surface area (TPSA) is 47.3 Å². The molecular formula is C27H13F3O3S. The number of fused-ring (bicyclic) bond motifs is 3. The second kappa shape index (κ2) is 7.27. The van der Waals surface area contributed by atoms with E-state index in [4.69, 9.17) is 4.42 Å². The van der Waals surface area contributed by atoms with Crippen LogP contribution in [0.25, 0.3) is 38.5 Å². The number of halogens is 3. The number of benzene rings is 3. The van der Waals surface area contributed by atoms with Crippen molar-refractivity contribution in [1.82, 2.24) is 0 Å². The van der Waals surface area contributed by atoms with Crippen LogP contribution in [0.5, 0.6) is 0 Å². The van der Waals surface area contributed by atoms with E-state index in [0.29, 0.717) is 32.9 Å². The van der Waals surface area contributed by atoms with E-state index in [-0.39, 0.29) is 17.1 Å². The number of furan rings is 1. The summed E-state index contributed by atoms with van der Waals surface area (Å²) >= 11 is 1.34. The summed E-state index contributed by atoms with van der Waals surface area (Å²) in [6.45, 7) is 0. The Labute approximate surface area is 194 Å². The first-order valence-electron chi connectivity index (χ1n) is 10.3. The number of carbonyl (C=O) groups excluding carboxylic acids is 2. The van der Waals surface area contributed by atoms with Crippen LogP contribution in [0.1, 0.15) is 31.2 Å². The van der Waals surface area contributed by atoms with Gasteiger partial charge in [-0.25, -0.2) is 0 Å². The molecule has 0 radical (unpaired) electrons. The molecule has 0 spiro atoms. The summed E-state index contributed by atoms with van der Waals surface area (Å²) in [6, 6.07) is 19.3. The summed E-state index contributed by atoms with van der Waals surface area (Å²) in [5.74, 6) is -0.163. The molecule has 0 unspecified atom stereocenters. The summed E-state index contributed by atoms with van der Waals surface area (Å²) in [7, 11) is 0. The van der Waals surface area contributed by atoms with E-state index < -0.39 is 11.7 Å². The van der Waals surface area contributed by atoms with E-state index >= 15 is 0 Å². The van der Waals surface area contributed by atoms with Crippen LogP contribution in [-0.4, -0.2) is 11.6 Å². The van der Waals surface area contributed by atoms with Gasteiger partial charge < -0.3 is 4.42 Å². The summed E-state index contributed by atoms with van der Waals surface area (Å²) < 4.78 is 45.0. The second-order valence-corrected chi connectivity index (χ2v) is 9.14. The van der Waals surface area contributed by atoms with Crippen LogP contribution < -0.4 is 0 Å². The molecule has 0 aliphatic heterocycles. The lowest BCUT2D eigenvalue weighted by Gasteiger charge is -2.06. The summed E-state index contributed by atoms with van der Waals surface area (Å²) in [4.78, 5) is 26.6. The number of hydrogen-bond acceptors (Lipinski definition) is 4. The van der Waals surface area contributed by atoms with E-state index in [2.05, 4.69) is 0 Å². The molecule has 1 aliphatic carbocycles. The lowest BCUT2D eigenvalue weighted by molar-refractivity contribution is -0.137. The Morgan fingerprint density at radius 2 is 1.41 bits per heavy atom. The van der Waals surface area contributed by atoms with Crippen LogP contribution in [0.4, 0.5) is 13.2 Å². The van der Waals surface area contributed by atoms with E-state index in [0.717, 1.165) is 27.6 Å². The lowest BCUT2D eigenvalue weighted by Crippen LogP contribution is -2.03. The van der Waals surface area contributed by atoms with Crippen molar-refractivity contribution in [3.8, 4) is 11.3 Å². The maximum absolute atomic E-state index is 13.0. The molecule has 166 valence electrons. The number of hydrogen-bond donors (Lipinski definition) is 0. The fourth-order valence-electron chi connectivity index (χ4n) is 4.17. The third-order valence-electron chi connectivity index (χ3n) is 5.87.